The molecular weight excluding hydrogens is 214 g/mol. The molecule has 0 N–H and O–H groups in total. The number of halogens is 1. The standard InChI is InChI=1S/C11H8ClNO2/c1-7-2-4-8(5-3-7)10-6-9(11(12)14)13-15-10/h2-6H,1H3. The highest BCUT2D eigenvalue weighted by Crippen LogP contribution is 2.21. The molecule has 0 fully saturated rings. The lowest BCUT2D eigenvalue weighted by Crippen LogP contribution is -1.85. The van der Waals surface area contributed by atoms with Crippen LogP contribution < -0.4 is 0 Å². The van der Waals surface area contributed by atoms with E-state index in [4.69, 9.17) is 16.1 Å². The number of benzene rings is 1. The molecule has 1 aromatic carbocycles. The van der Waals surface area contributed by atoms with Crippen LogP contribution in [0.15, 0.2) is 34.9 Å². The van der Waals surface area contributed by atoms with Gasteiger partial charge in [-0.2, -0.15) is 0 Å². The van der Waals surface area contributed by atoms with Gasteiger partial charge in [-0.3, -0.25) is 4.79 Å². The molecule has 0 unspecified atom stereocenters. The lowest BCUT2D eigenvalue weighted by atomic mass is 10.1. The lowest BCUT2D eigenvalue weighted by molar-refractivity contribution is 0.107. The molecule has 0 spiro atoms. The Hall–Kier alpha value is -1.61. The molecule has 0 aliphatic carbocycles. The zero-order valence-corrected chi connectivity index (χ0v) is 8.78. The van der Waals surface area contributed by atoms with Gasteiger partial charge in [-0.05, 0) is 18.5 Å². The number of nitrogens with zero attached hydrogens (tertiary/aromatic N) is 1. The molecule has 2 rings (SSSR count). The molecule has 0 aliphatic rings. The lowest BCUT2D eigenvalue weighted by Gasteiger charge is -1.94. The third-order valence-electron chi connectivity index (χ3n) is 2.05. The van der Waals surface area contributed by atoms with Crippen molar-refractivity contribution in [1.29, 1.82) is 0 Å². The Balaban J connectivity index is 2.37. The van der Waals surface area contributed by atoms with Crippen LogP contribution in [-0.2, 0) is 0 Å². The number of aromatic nitrogens is 1. The summed E-state index contributed by atoms with van der Waals surface area (Å²) in [6.07, 6.45) is 0. The summed E-state index contributed by atoms with van der Waals surface area (Å²) in [6, 6.07) is 9.25. The second-order valence-corrected chi connectivity index (χ2v) is 3.56. The van der Waals surface area contributed by atoms with E-state index in [1.807, 2.05) is 31.2 Å². The third-order valence-corrected chi connectivity index (χ3v) is 2.24. The van der Waals surface area contributed by atoms with Gasteiger partial charge in [-0.1, -0.05) is 35.0 Å². The molecule has 76 valence electrons. The van der Waals surface area contributed by atoms with Gasteiger partial charge in [0.25, 0.3) is 5.24 Å². The first kappa shape index (κ1) is 9.93. The molecule has 3 nitrogen and oxygen atoms in total. The van der Waals surface area contributed by atoms with Crippen LogP contribution in [0.5, 0.6) is 0 Å². The highest BCUT2D eigenvalue weighted by atomic mass is 35.5. The Morgan fingerprint density at radius 2 is 2.00 bits per heavy atom. The first-order chi connectivity index (χ1) is 7.16. The van der Waals surface area contributed by atoms with Crippen molar-refractivity contribution >= 4 is 16.8 Å². The Bertz CT molecular complexity index is 488. The molecule has 0 saturated carbocycles. The van der Waals surface area contributed by atoms with E-state index < -0.39 is 5.24 Å². The van der Waals surface area contributed by atoms with Crippen LogP contribution in [0.1, 0.15) is 16.1 Å². The van der Waals surface area contributed by atoms with Gasteiger partial charge in [-0.15, -0.1) is 0 Å². The molecule has 1 aromatic heterocycles. The normalized spacial score (nSPS) is 10.3. The van der Waals surface area contributed by atoms with Gasteiger partial charge in [0, 0.05) is 11.6 Å². The second kappa shape index (κ2) is 3.87. The molecule has 0 atom stereocenters. The van der Waals surface area contributed by atoms with Crippen LogP contribution in [0.2, 0.25) is 0 Å². The van der Waals surface area contributed by atoms with Gasteiger partial charge in [-0.25, -0.2) is 0 Å². The van der Waals surface area contributed by atoms with Crippen molar-refractivity contribution in [1.82, 2.24) is 5.16 Å². The maximum Gasteiger partial charge on any atom is 0.274 e. The minimum absolute atomic E-state index is 0.132. The number of aryl methyl sites for hydroxylation is 1. The first-order valence-electron chi connectivity index (χ1n) is 4.40. The molecule has 0 saturated heterocycles. The highest BCUT2D eigenvalue weighted by Gasteiger charge is 2.10. The number of carbonyl (C=O) groups is 1. The average Bonchev–Trinajstić information content (AvgIpc) is 2.68. The molecule has 15 heavy (non-hydrogen) atoms. The van der Waals surface area contributed by atoms with Crippen LogP contribution in [0.25, 0.3) is 11.3 Å². The summed E-state index contributed by atoms with van der Waals surface area (Å²) in [5.74, 6) is 0.541. The van der Waals surface area contributed by atoms with Gasteiger partial charge < -0.3 is 4.52 Å². The van der Waals surface area contributed by atoms with E-state index in [1.54, 1.807) is 0 Å². The van der Waals surface area contributed by atoms with Crippen molar-refractivity contribution in [2.45, 2.75) is 6.92 Å². The molecule has 0 radical (unpaired) electrons. The smallest absolute Gasteiger partial charge is 0.274 e. The molecule has 0 bridgehead atoms. The Kier molecular flexibility index (Phi) is 2.56. The SMILES string of the molecule is Cc1ccc(-c2cc(C(=O)Cl)no2)cc1. The fourth-order valence-electron chi connectivity index (χ4n) is 1.22. The second-order valence-electron chi connectivity index (χ2n) is 3.22. The fraction of sp³-hybridized carbons (Fsp3) is 0.0909. The number of hydrogen-bond donors (Lipinski definition) is 0. The quantitative estimate of drug-likeness (QED) is 0.732. The van der Waals surface area contributed by atoms with Crippen LogP contribution in [-0.4, -0.2) is 10.4 Å². The molecule has 0 amide bonds. The minimum Gasteiger partial charge on any atom is -0.356 e. The van der Waals surface area contributed by atoms with Crippen LogP contribution in [0.4, 0.5) is 0 Å². The maximum atomic E-state index is 10.8. The summed E-state index contributed by atoms with van der Waals surface area (Å²) in [6.45, 7) is 2.00. The number of rotatable bonds is 2. The zero-order chi connectivity index (χ0) is 10.8. The van der Waals surface area contributed by atoms with E-state index in [1.165, 1.54) is 6.07 Å². The minimum atomic E-state index is -0.614. The highest BCUT2D eigenvalue weighted by molar-refractivity contribution is 6.67. The van der Waals surface area contributed by atoms with Crippen LogP contribution in [0, 0.1) is 6.92 Å². The number of carbonyl (C=O) groups excluding carboxylic acids is 1. The third kappa shape index (κ3) is 2.07. The van der Waals surface area contributed by atoms with Gasteiger partial charge in [0.1, 0.15) is 0 Å². The van der Waals surface area contributed by atoms with Crippen molar-refractivity contribution in [3.05, 3.63) is 41.6 Å². The molecule has 0 aliphatic heterocycles. The van der Waals surface area contributed by atoms with Crippen LogP contribution in [0.3, 0.4) is 0 Å². The molecule has 1 heterocycles. The predicted octanol–water partition coefficient (Wildman–Crippen LogP) is 3.03. The van der Waals surface area contributed by atoms with Crippen molar-refractivity contribution < 1.29 is 9.32 Å². The summed E-state index contributed by atoms with van der Waals surface area (Å²) in [7, 11) is 0. The van der Waals surface area contributed by atoms with Crippen molar-refractivity contribution in [3.63, 3.8) is 0 Å². The summed E-state index contributed by atoms with van der Waals surface area (Å²) in [5, 5.41) is 2.94. The number of hydrogen-bond acceptors (Lipinski definition) is 3. The summed E-state index contributed by atoms with van der Waals surface area (Å²) in [5.41, 5.74) is 2.16. The summed E-state index contributed by atoms with van der Waals surface area (Å²) < 4.78 is 5.00. The molecule has 4 heteroatoms. The van der Waals surface area contributed by atoms with E-state index in [0.717, 1.165) is 11.1 Å². The van der Waals surface area contributed by atoms with Gasteiger partial charge in [0.2, 0.25) is 0 Å². The monoisotopic (exact) mass is 221 g/mol. The van der Waals surface area contributed by atoms with E-state index in [2.05, 4.69) is 5.16 Å². The fourth-order valence-corrected chi connectivity index (χ4v) is 1.31. The van der Waals surface area contributed by atoms with E-state index >= 15 is 0 Å². The van der Waals surface area contributed by atoms with Crippen molar-refractivity contribution in [3.8, 4) is 11.3 Å². The Labute approximate surface area is 91.6 Å². The largest absolute Gasteiger partial charge is 0.356 e. The van der Waals surface area contributed by atoms with E-state index in [-0.39, 0.29) is 5.69 Å². The average molecular weight is 222 g/mol. The first-order valence-corrected chi connectivity index (χ1v) is 4.78. The van der Waals surface area contributed by atoms with Gasteiger partial charge in [0.15, 0.2) is 11.5 Å². The maximum absolute atomic E-state index is 10.8. The predicted molar refractivity (Wildman–Crippen MR) is 56.9 cm³/mol. The topological polar surface area (TPSA) is 43.1 Å². The van der Waals surface area contributed by atoms with Crippen molar-refractivity contribution in [2.75, 3.05) is 0 Å². The van der Waals surface area contributed by atoms with Crippen molar-refractivity contribution in [2.24, 2.45) is 0 Å². The van der Waals surface area contributed by atoms with Crippen LogP contribution >= 0.6 is 11.6 Å². The van der Waals surface area contributed by atoms with Gasteiger partial charge in [0.05, 0.1) is 0 Å². The Morgan fingerprint density at radius 1 is 1.33 bits per heavy atom. The van der Waals surface area contributed by atoms with Gasteiger partial charge >= 0.3 is 0 Å². The summed E-state index contributed by atoms with van der Waals surface area (Å²) in [4.78, 5) is 10.8. The molecule has 2 aromatic rings. The van der Waals surface area contributed by atoms with E-state index in [9.17, 15) is 4.79 Å². The van der Waals surface area contributed by atoms with E-state index in [0.29, 0.717) is 5.76 Å². The Morgan fingerprint density at radius 3 is 2.53 bits per heavy atom. The zero-order valence-electron chi connectivity index (χ0n) is 8.03. The molecular formula is C11H8ClNO2. The summed E-state index contributed by atoms with van der Waals surface area (Å²) >= 11 is 5.27.